The molecule has 1 aliphatic rings. The van der Waals surface area contributed by atoms with Crippen molar-refractivity contribution in [2.45, 2.75) is 44.8 Å². The van der Waals surface area contributed by atoms with Crippen molar-refractivity contribution in [3.63, 3.8) is 0 Å². The molecule has 0 amide bonds. The average molecular weight is 233 g/mol. The van der Waals surface area contributed by atoms with E-state index in [4.69, 9.17) is 0 Å². The minimum Gasteiger partial charge on any atom is -0.315 e. The first-order valence-electron chi connectivity index (χ1n) is 6.50. The van der Waals surface area contributed by atoms with E-state index in [9.17, 15) is 0 Å². The van der Waals surface area contributed by atoms with Crippen LogP contribution >= 0.6 is 0 Å². The molecule has 0 radical (unpaired) electrons. The van der Waals surface area contributed by atoms with Crippen molar-refractivity contribution in [1.82, 2.24) is 15.2 Å². The highest BCUT2D eigenvalue weighted by Gasteiger charge is 2.29. The maximum atomic E-state index is 4.57. The fourth-order valence-electron chi connectivity index (χ4n) is 2.87. The van der Waals surface area contributed by atoms with Gasteiger partial charge in [0.1, 0.15) is 0 Å². The van der Waals surface area contributed by atoms with Crippen LogP contribution in [0.4, 0.5) is 0 Å². The summed E-state index contributed by atoms with van der Waals surface area (Å²) in [6.07, 6.45) is 3.93. The molecule has 1 aromatic rings. The van der Waals surface area contributed by atoms with Gasteiger partial charge in [-0.05, 0) is 46.0 Å². The normalized spacial score (nSPS) is 24.5. The Balaban J connectivity index is 1.99. The van der Waals surface area contributed by atoms with Crippen LogP contribution < -0.4 is 5.32 Å². The Morgan fingerprint density at radius 1 is 1.41 bits per heavy atom. The first-order valence-corrected chi connectivity index (χ1v) is 6.50. The second-order valence-corrected chi connectivity index (χ2v) is 5.08. The Hall–Kier alpha value is -0.930. The fourth-order valence-corrected chi connectivity index (χ4v) is 2.87. The summed E-state index contributed by atoms with van der Waals surface area (Å²) in [5, 5.41) is 3.43. The number of pyridine rings is 1. The standard InChI is InChI=1S/C14H23N3/c1-11-6-4-7-12(16-11)10-17(3)14-9-5-8-13(14)15-2/h4,6-7,13-15H,5,8-10H2,1-3H3. The zero-order valence-corrected chi connectivity index (χ0v) is 11.1. The van der Waals surface area contributed by atoms with Crippen LogP contribution in [0.2, 0.25) is 0 Å². The molecule has 2 rings (SSSR count). The number of likely N-dealkylation sites (N-methyl/N-ethyl adjacent to an activating group) is 2. The van der Waals surface area contributed by atoms with E-state index < -0.39 is 0 Å². The molecule has 1 heterocycles. The number of aromatic nitrogens is 1. The Kier molecular flexibility index (Phi) is 4.13. The van der Waals surface area contributed by atoms with E-state index in [2.05, 4.69) is 54.4 Å². The lowest BCUT2D eigenvalue weighted by Gasteiger charge is -2.29. The van der Waals surface area contributed by atoms with Crippen molar-refractivity contribution in [3.8, 4) is 0 Å². The van der Waals surface area contributed by atoms with Crippen molar-refractivity contribution in [2.75, 3.05) is 14.1 Å². The van der Waals surface area contributed by atoms with Crippen molar-refractivity contribution < 1.29 is 0 Å². The summed E-state index contributed by atoms with van der Waals surface area (Å²) in [5.74, 6) is 0. The molecule has 0 spiro atoms. The topological polar surface area (TPSA) is 28.2 Å². The van der Waals surface area contributed by atoms with Crippen LogP contribution in [0.25, 0.3) is 0 Å². The van der Waals surface area contributed by atoms with Crippen LogP contribution in [-0.2, 0) is 6.54 Å². The van der Waals surface area contributed by atoms with E-state index in [1.165, 1.54) is 25.0 Å². The van der Waals surface area contributed by atoms with Gasteiger partial charge in [-0.15, -0.1) is 0 Å². The van der Waals surface area contributed by atoms with Crippen molar-refractivity contribution in [3.05, 3.63) is 29.6 Å². The van der Waals surface area contributed by atoms with Gasteiger partial charge in [0, 0.05) is 24.3 Å². The van der Waals surface area contributed by atoms with Crippen molar-refractivity contribution in [1.29, 1.82) is 0 Å². The molecule has 1 saturated carbocycles. The summed E-state index contributed by atoms with van der Waals surface area (Å²) < 4.78 is 0. The number of nitrogens with zero attached hydrogens (tertiary/aromatic N) is 2. The van der Waals surface area contributed by atoms with Crippen LogP contribution in [-0.4, -0.2) is 36.1 Å². The van der Waals surface area contributed by atoms with Crippen LogP contribution in [0.3, 0.4) is 0 Å². The minimum atomic E-state index is 0.643. The Morgan fingerprint density at radius 2 is 2.24 bits per heavy atom. The highest BCUT2D eigenvalue weighted by Crippen LogP contribution is 2.24. The highest BCUT2D eigenvalue weighted by atomic mass is 15.2. The zero-order chi connectivity index (χ0) is 12.3. The predicted molar refractivity (Wildman–Crippen MR) is 70.9 cm³/mol. The quantitative estimate of drug-likeness (QED) is 0.861. The lowest BCUT2D eigenvalue weighted by Crippen LogP contribution is -2.43. The monoisotopic (exact) mass is 233 g/mol. The average Bonchev–Trinajstić information content (AvgIpc) is 2.77. The summed E-state index contributed by atoms with van der Waals surface area (Å²) >= 11 is 0. The molecule has 2 atom stereocenters. The van der Waals surface area contributed by atoms with Gasteiger partial charge in [0.2, 0.25) is 0 Å². The second-order valence-electron chi connectivity index (χ2n) is 5.08. The molecule has 3 nitrogen and oxygen atoms in total. The van der Waals surface area contributed by atoms with Crippen LogP contribution in [0, 0.1) is 6.92 Å². The van der Waals surface area contributed by atoms with Crippen LogP contribution in [0.5, 0.6) is 0 Å². The summed E-state index contributed by atoms with van der Waals surface area (Å²) in [7, 11) is 4.28. The third-order valence-corrected chi connectivity index (χ3v) is 3.77. The van der Waals surface area contributed by atoms with Gasteiger partial charge in [-0.1, -0.05) is 12.5 Å². The Morgan fingerprint density at radius 3 is 2.94 bits per heavy atom. The van der Waals surface area contributed by atoms with E-state index in [1.807, 2.05) is 0 Å². The third-order valence-electron chi connectivity index (χ3n) is 3.77. The second kappa shape index (κ2) is 5.61. The first-order chi connectivity index (χ1) is 8.20. The van der Waals surface area contributed by atoms with Crippen molar-refractivity contribution >= 4 is 0 Å². The van der Waals surface area contributed by atoms with Gasteiger partial charge < -0.3 is 5.32 Å². The molecule has 94 valence electrons. The molecule has 3 heteroatoms. The van der Waals surface area contributed by atoms with Crippen LogP contribution in [0.15, 0.2) is 18.2 Å². The van der Waals surface area contributed by atoms with Gasteiger partial charge >= 0.3 is 0 Å². The molecule has 0 saturated heterocycles. The molecule has 1 aromatic heterocycles. The Labute approximate surface area is 104 Å². The van der Waals surface area contributed by atoms with Crippen LogP contribution in [0.1, 0.15) is 30.7 Å². The maximum absolute atomic E-state index is 4.57. The van der Waals surface area contributed by atoms with Crippen molar-refractivity contribution in [2.24, 2.45) is 0 Å². The lowest BCUT2D eigenvalue weighted by atomic mass is 10.1. The number of rotatable bonds is 4. The molecule has 1 N–H and O–H groups in total. The molecular weight excluding hydrogens is 210 g/mol. The first kappa shape index (κ1) is 12.5. The largest absolute Gasteiger partial charge is 0.315 e. The lowest BCUT2D eigenvalue weighted by molar-refractivity contribution is 0.206. The number of aryl methyl sites for hydroxylation is 1. The van der Waals surface area contributed by atoms with Gasteiger partial charge in [-0.2, -0.15) is 0 Å². The van der Waals surface area contributed by atoms with Gasteiger partial charge in [-0.25, -0.2) is 0 Å². The molecule has 0 aromatic carbocycles. The fraction of sp³-hybridized carbons (Fsp3) is 0.643. The molecule has 2 unspecified atom stereocenters. The summed E-state index contributed by atoms with van der Waals surface area (Å²) in [5.41, 5.74) is 2.28. The van der Waals surface area contributed by atoms with E-state index in [0.717, 1.165) is 12.2 Å². The highest BCUT2D eigenvalue weighted by molar-refractivity contribution is 5.10. The molecular formula is C14H23N3. The maximum Gasteiger partial charge on any atom is 0.0547 e. The molecule has 0 bridgehead atoms. The summed E-state index contributed by atoms with van der Waals surface area (Å²) in [4.78, 5) is 7.01. The van der Waals surface area contributed by atoms with E-state index >= 15 is 0 Å². The Bertz CT molecular complexity index is 364. The van der Waals surface area contributed by atoms with E-state index in [-0.39, 0.29) is 0 Å². The minimum absolute atomic E-state index is 0.643. The molecule has 1 fully saturated rings. The van der Waals surface area contributed by atoms with E-state index in [1.54, 1.807) is 0 Å². The zero-order valence-electron chi connectivity index (χ0n) is 11.1. The third kappa shape index (κ3) is 3.05. The van der Waals surface area contributed by atoms with E-state index in [0.29, 0.717) is 12.1 Å². The number of nitrogens with one attached hydrogen (secondary N) is 1. The number of hydrogen-bond acceptors (Lipinski definition) is 3. The number of hydrogen-bond donors (Lipinski definition) is 1. The van der Waals surface area contributed by atoms with Gasteiger partial charge in [0.05, 0.1) is 5.69 Å². The van der Waals surface area contributed by atoms with Gasteiger partial charge in [0.25, 0.3) is 0 Å². The molecule has 17 heavy (non-hydrogen) atoms. The molecule has 1 aliphatic carbocycles. The van der Waals surface area contributed by atoms with Gasteiger partial charge in [0.15, 0.2) is 0 Å². The smallest absolute Gasteiger partial charge is 0.0547 e. The SMILES string of the molecule is CNC1CCCC1N(C)Cc1cccc(C)n1. The summed E-state index contributed by atoms with van der Waals surface area (Å²) in [6, 6.07) is 7.56. The summed E-state index contributed by atoms with van der Waals surface area (Å²) in [6.45, 7) is 3.00. The molecule has 0 aliphatic heterocycles. The van der Waals surface area contributed by atoms with Gasteiger partial charge in [-0.3, -0.25) is 9.88 Å². The predicted octanol–water partition coefficient (Wildman–Crippen LogP) is 1.96.